The molecule has 0 aromatic heterocycles. The number of hydrogen-bond acceptors (Lipinski definition) is 7. The normalized spacial score (nSPS) is 32.4. The van der Waals surface area contributed by atoms with Crippen molar-refractivity contribution in [3.05, 3.63) is 11.1 Å². The molecule has 1 saturated heterocycles. The van der Waals surface area contributed by atoms with Gasteiger partial charge >= 0.3 is 11.9 Å². The Balaban J connectivity index is 1.17. The quantitative estimate of drug-likeness (QED) is 0.342. The molecule has 31 heavy (non-hydrogen) atoms. The van der Waals surface area contributed by atoms with Gasteiger partial charge in [-0.05, 0) is 62.7 Å². The summed E-state index contributed by atoms with van der Waals surface area (Å²) in [7, 11) is 1.28. The number of methoxy groups -OCH3 is 1. The number of esters is 2. The number of carbonyl (C=O) groups excluding carboxylic acids is 4. The second-order valence-electron chi connectivity index (χ2n) is 9.29. The highest BCUT2D eigenvalue weighted by molar-refractivity contribution is 8.04. The van der Waals surface area contributed by atoms with Crippen LogP contribution >= 0.6 is 11.8 Å². The highest BCUT2D eigenvalue weighted by Crippen LogP contribution is 2.60. The maximum absolute atomic E-state index is 12.9. The standard InChI is InChI=1S/C22H30N2O6S/c1-29-19(26)8-18-24(17(25)13-31-18)3-2-4-30-20(27)12-23-21(28)22-9-14-5-15(10-22)7-16(6-14)11-22/h8,14-16H,2-7,9-13H2,1H3,(H,23,28)/b18-8+. The van der Waals surface area contributed by atoms with Gasteiger partial charge in [0, 0.05) is 12.0 Å². The molecule has 1 N–H and O–H groups in total. The van der Waals surface area contributed by atoms with Crippen LogP contribution in [0.2, 0.25) is 0 Å². The van der Waals surface area contributed by atoms with Crippen molar-refractivity contribution in [1.29, 1.82) is 0 Å². The summed E-state index contributed by atoms with van der Waals surface area (Å²) in [6.45, 7) is 0.375. The Bertz CT molecular complexity index is 760. The third kappa shape index (κ3) is 4.91. The van der Waals surface area contributed by atoms with E-state index in [0.717, 1.165) is 19.3 Å². The first-order valence-corrected chi connectivity index (χ1v) is 12.0. The smallest absolute Gasteiger partial charge is 0.333 e. The fraction of sp³-hybridized carbons (Fsp3) is 0.727. The lowest BCUT2D eigenvalue weighted by atomic mass is 9.49. The second kappa shape index (κ2) is 9.22. The van der Waals surface area contributed by atoms with Crippen LogP contribution in [0, 0.1) is 23.2 Å². The molecule has 5 rings (SSSR count). The molecule has 0 spiro atoms. The zero-order chi connectivity index (χ0) is 22.0. The number of carbonyl (C=O) groups is 4. The van der Waals surface area contributed by atoms with Gasteiger partial charge in [0.15, 0.2) is 0 Å². The average Bonchev–Trinajstić information content (AvgIpc) is 3.07. The van der Waals surface area contributed by atoms with Crippen LogP contribution in [0.5, 0.6) is 0 Å². The highest BCUT2D eigenvalue weighted by atomic mass is 32.2. The molecule has 4 aliphatic carbocycles. The Labute approximate surface area is 186 Å². The molecule has 8 nitrogen and oxygen atoms in total. The summed E-state index contributed by atoms with van der Waals surface area (Å²) in [4.78, 5) is 49.9. The summed E-state index contributed by atoms with van der Waals surface area (Å²) in [5.74, 6) is 1.25. The Kier molecular flexibility index (Phi) is 6.60. The predicted octanol–water partition coefficient (Wildman–Crippen LogP) is 1.84. The van der Waals surface area contributed by atoms with Crippen molar-refractivity contribution in [2.45, 2.75) is 44.9 Å². The van der Waals surface area contributed by atoms with Crippen LogP contribution in [-0.4, -0.2) is 61.2 Å². The summed E-state index contributed by atoms with van der Waals surface area (Å²) in [5, 5.41) is 3.37. The first-order valence-electron chi connectivity index (χ1n) is 11.1. The number of nitrogens with one attached hydrogen (secondary N) is 1. The summed E-state index contributed by atoms with van der Waals surface area (Å²) in [5.41, 5.74) is -0.273. The van der Waals surface area contributed by atoms with Crippen molar-refractivity contribution < 1.29 is 28.7 Å². The van der Waals surface area contributed by atoms with E-state index in [1.807, 2.05) is 0 Å². The molecule has 0 radical (unpaired) electrons. The summed E-state index contributed by atoms with van der Waals surface area (Å²) in [6.07, 6.45) is 8.42. The van der Waals surface area contributed by atoms with E-state index in [-0.39, 0.29) is 36.1 Å². The Morgan fingerprint density at radius 3 is 2.42 bits per heavy atom. The lowest BCUT2D eigenvalue weighted by Gasteiger charge is -2.55. The minimum Gasteiger partial charge on any atom is -0.466 e. The molecule has 0 aromatic carbocycles. The van der Waals surface area contributed by atoms with Crippen LogP contribution in [0.15, 0.2) is 11.1 Å². The Hall–Kier alpha value is -2.03. The first kappa shape index (κ1) is 22.2. The topological polar surface area (TPSA) is 102 Å². The van der Waals surface area contributed by atoms with Crippen molar-refractivity contribution in [2.75, 3.05) is 32.6 Å². The molecule has 1 aliphatic heterocycles. The average molecular weight is 451 g/mol. The van der Waals surface area contributed by atoms with E-state index in [9.17, 15) is 19.2 Å². The molecular weight excluding hydrogens is 420 g/mol. The van der Waals surface area contributed by atoms with Gasteiger partial charge in [-0.3, -0.25) is 14.4 Å². The second-order valence-corrected chi connectivity index (χ2v) is 10.3. The molecule has 4 saturated carbocycles. The minimum absolute atomic E-state index is 0.0147. The lowest BCUT2D eigenvalue weighted by molar-refractivity contribution is -0.151. The van der Waals surface area contributed by atoms with Crippen molar-refractivity contribution in [2.24, 2.45) is 23.2 Å². The van der Waals surface area contributed by atoms with Crippen molar-refractivity contribution >= 4 is 35.5 Å². The van der Waals surface area contributed by atoms with Crippen LogP contribution in [0.1, 0.15) is 44.9 Å². The number of rotatable bonds is 8. The molecule has 0 aromatic rings. The Morgan fingerprint density at radius 1 is 1.16 bits per heavy atom. The van der Waals surface area contributed by atoms with Gasteiger partial charge in [-0.1, -0.05) is 11.8 Å². The fourth-order valence-corrected chi connectivity index (χ4v) is 7.07. The molecule has 0 unspecified atom stereocenters. The van der Waals surface area contributed by atoms with E-state index in [4.69, 9.17) is 4.74 Å². The molecule has 5 fully saturated rings. The zero-order valence-corrected chi connectivity index (χ0v) is 18.7. The van der Waals surface area contributed by atoms with Gasteiger partial charge < -0.3 is 19.7 Å². The summed E-state index contributed by atoms with van der Waals surface area (Å²) >= 11 is 1.28. The number of hydrogen-bond donors (Lipinski definition) is 1. The van der Waals surface area contributed by atoms with E-state index < -0.39 is 11.9 Å². The van der Waals surface area contributed by atoms with E-state index in [2.05, 4.69) is 10.1 Å². The molecule has 4 bridgehead atoms. The highest BCUT2D eigenvalue weighted by Gasteiger charge is 2.54. The Morgan fingerprint density at radius 2 is 1.81 bits per heavy atom. The van der Waals surface area contributed by atoms with Crippen LogP contribution in [-0.2, 0) is 28.7 Å². The van der Waals surface area contributed by atoms with Gasteiger partial charge in [0.05, 0.1) is 30.6 Å². The first-order chi connectivity index (χ1) is 14.9. The molecule has 9 heteroatoms. The van der Waals surface area contributed by atoms with Crippen molar-refractivity contribution in [3.63, 3.8) is 0 Å². The number of amides is 2. The van der Waals surface area contributed by atoms with Crippen LogP contribution < -0.4 is 5.32 Å². The van der Waals surface area contributed by atoms with E-state index >= 15 is 0 Å². The molecule has 0 atom stereocenters. The zero-order valence-electron chi connectivity index (χ0n) is 17.9. The number of thioether (sulfide) groups is 1. The molecular formula is C22H30N2O6S. The van der Waals surface area contributed by atoms with E-state index in [0.29, 0.717) is 35.7 Å². The molecule has 5 aliphatic rings. The SMILES string of the molecule is COC(=O)/C=C1/SCC(=O)N1CCCOC(=O)CNC(=O)C12CC3CC(CC(C3)C1)C2. The number of ether oxygens (including phenoxy) is 2. The van der Waals surface area contributed by atoms with Gasteiger partial charge in [-0.2, -0.15) is 0 Å². The maximum Gasteiger partial charge on any atom is 0.333 e. The van der Waals surface area contributed by atoms with Crippen LogP contribution in [0.3, 0.4) is 0 Å². The maximum atomic E-state index is 12.9. The van der Waals surface area contributed by atoms with Crippen molar-refractivity contribution in [3.8, 4) is 0 Å². The summed E-state index contributed by atoms with van der Waals surface area (Å²) in [6, 6.07) is 0. The predicted molar refractivity (Wildman–Crippen MR) is 113 cm³/mol. The molecule has 1 heterocycles. The van der Waals surface area contributed by atoms with Gasteiger partial charge in [-0.25, -0.2) is 4.79 Å². The summed E-state index contributed by atoms with van der Waals surface area (Å²) < 4.78 is 9.84. The fourth-order valence-electron chi connectivity index (χ4n) is 6.12. The van der Waals surface area contributed by atoms with E-state index in [1.165, 1.54) is 49.1 Å². The van der Waals surface area contributed by atoms with Crippen LogP contribution in [0.25, 0.3) is 0 Å². The third-order valence-corrected chi connectivity index (χ3v) is 8.08. The van der Waals surface area contributed by atoms with E-state index in [1.54, 1.807) is 0 Å². The van der Waals surface area contributed by atoms with Gasteiger partial charge in [0.25, 0.3) is 0 Å². The van der Waals surface area contributed by atoms with Crippen molar-refractivity contribution in [1.82, 2.24) is 10.2 Å². The van der Waals surface area contributed by atoms with Gasteiger partial charge in [0.1, 0.15) is 6.54 Å². The van der Waals surface area contributed by atoms with Gasteiger partial charge in [-0.15, -0.1) is 0 Å². The lowest BCUT2D eigenvalue weighted by Crippen LogP contribution is -2.54. The number of nitrogens with zero attached hydrogens (tertiary/aromatic N) is 1. The molecule has 2 amide bonds. The third-order valence-electron chi connectivity index (χ3n) is 7.06. The minimum atomic E-state index is -0.511. The molecule has 170 valence electrons. The monoisotopic (exact) mass is 450 g/mol. The van der Waals surface area contributed by atoms with Gasteiger partial charge in [0.2, 0.25) is 11.8 Å². The largest absolute Gasteiger partial charge is 0.466 e. The van der Waals surface area contributed by atoms with Crippen LogP contribution in [0.4, 0.5) is 0 Å².